The van der Waals surface area contributed by atoms with Crippen molar-refractivity contribution in [1.82, 2.24) is 4.57 Å². The monoisotopic (exact) mass is 1030 g/mol. The second kappa shape index (κ2) is 17.9. The zero-order chi connectivity index (χ0) is 53.2. The van der Waals surface area contributed by atoms with Crippen LogP contribution < -0.4 is 4.90 Å². The number of anilines is 3. The largest absolute Gasteiger partial charge is 0.310 e. The van der Waals surface area contributed by atoms with Crippen molar-refractivity contribution < 1.29 is 0 Å². The van der Waals surface area contributed by atoms with E-state index in [2.05, 4.69) is 313 Å². The Morgan fingerprint density at radius 1 is 0.321 bits per heavy atom. The maximum absolute atomic E-state index is 2.56. The Morgan fingerprint density at radius 3 is 1.60 bits per heavy atom. The topological polar surface area (TPSA) is 8.17 Å². The third-order valence-corrected chi connectivity index (χ3v) is 18.2. The van der Waals surface area contributed by atoms with Crippen LogP contribution in [0.2, 0.25) is 0 Å². The summed E-state index contributed by atoms with van der Waals surface area (Å²) in [5.41, 5.74) is 21.9. The Morgan fingerprint density at radius 2 is 0.852 bits per heavy atom. The molecule has 0 amide bonds. The van der Waals surface area contributed by atoms with Crippen LogP contribution in [0.4, 0.5) is 17.1 Å². The first kappa shape index (κ1) is 45.7. The number of allylic oxidation sites excluding steroid dienone is 4. The molecule has 3 atom stereocenters. The molecule has 13 aromatic carbocycles. The van der Waals surface area contributed by atoms with E-state index in [0.717, 1.165) is 22.7 Å². The van der Waals surface area contributed by atoms with Crippen molar-refractivity contribution in [2.75, 3.05) is 4.90 Å². The van der Waals surface area contributed by atoms with Gasteiger partial charge in [-0.3, -0.25) is 0 Å². The Labute approximate surface area is 471 Å². The highest BCUT2D eigenvalue weighted by Crippen LogP contribution is 2.66. The lowest BCUT2D eigenvalue weighted by Crippen LogP contribution is -2.33. The van der Waals surface area contributed by atoms with Crippen LogP contribution in [0.1, 0.15) is 28.2 Å². The SMILES string of the molecule is C1=CC2c3ccccc3C3(c4cc(-c5cccc6ccccc56)ccc4-c4ccc(N(c5ccc(-c6c7ccccc7c(-c7ccccc7)c7ccccc67)cc5)c5ccc6c(c5)c5ccccc5n6-c5ccccc5)cc43)C2C=C1. The van der Waals surface area contributed by atoms with Gasteiger partial charge in [-0.2, -0.15) is 0 Å². The predicted molar refractivity (Wildman–Crippen MR) is 341 cm³/mol. The normalized spacial score (nSPS) is 16.6. The van der Waals surface area contributed by atoms with Gasteiger partial charge in [-0.1, -0.05) is 237 Å². The summed E-state index contributed by atoms with van der Waals surface area (Å²) >= 11 is 0. The van der Waals surface area contributed by atoms with Crippen LogP contribution in [-0.4, -0.2) is 4.57 Å². The van der Waals surface area contributed by atoms with Crippen molar-refractivity contribution in [3.05, 3.63) is 326 Å². The molecule has 3 aliphatic carbocycles. The summed E-state index contributed by atoms with van der Waals surface area (Å²) in [6, 6.07) is 105. The number of benzene rings is 13. The lowest BCUT2D eigenvalue weighted by Gasteiger charge is -2.37. The van der Waals surface area contributed by atoms with Gasteiger partial charge in [0.2, 0.25) is 0 Å². The van der Waals surface area contributed by atoms with Crippen LogP contribution in [0.15, 0.2) is 303 Å². The van der Waals surface area contributed by atoms with E-state index in [1.54, 1.807) is 0 Å². The number of para-hydroxylation sites is 2. The second-order valence-electron chi connectivity index (χ2n) is 22.2. The van der Waals surface area contributed by atoms with Crippen molar-refractivity contribution in [3.63, 3.8) is 0 Å². The molecule has 0 N–H and O–H groups in total. The zero-order valence-corrected chi connectivity index (χ0v) is 44.4. The minimum absolute atomic E-state index is 0.170. The molecule has 3 aliphatic rings. The summed E-state index contributed by atoms with van der Waals surface area (Å²) in [5, 5.41) is 9.95. The van der Waals surface area contributed by atoms with Gasteiger partial charge in [0, 0.05) is 45.4 Å². The van der Waals surface area contributed by atoms with E-state index in [4.69, 9.17) is 0 Å². The Kier molecular flexibility index (Phi) is 10.1. The van der Waals surface area contributed by atoms with Gasteiger partial charge < -0.3 is 9.47 Å². The van der Waals surface area contributed by atoms with Gasteiger partial charge in [0.15, 0.2) is 0 Å². The smallest absolute Gasteiger partial charge is 0.0542 e. The van der Waals surface area contributed by atoms with Gasteiger partial charge in [0.25, 0.3) is 0 Å². The van der Waals surface area contributed by atoms with E-state index in [0.29, 0.717) is 0 Å². The van der Waals surface area contributed by atoms with Gasteiger partial charge in [-0.25, -0.2) is 0 Å². The molecule has 2 nitrogen and oxygen atoms in total. The molecule has 0 fully saturated rings. The molecule has 0 bridgehead atoms. The van der Waals surface area contributed by atoms with E-state index in [1.165, 1.54) is 121 Å². The molecule has 0 radical (unpaired) electrons. The molecule has 2 heteroatoms. The summed E-state index contributed by atoms with van der Waals surface area (Å²) in [6.07, 6.45) is 9.51. The number of hydrogen-bond donors (Lipinski definition) is 0. The Balaban J connectivity index is 0.897. The lowest BCUT2D eigenvalue weighted by molar-refractivity contribution is 0.466. The predicted octanol–water partition coefficient (Wildman–Crippen LogP) is 20.9. The average molecular weight is 1030 g/mol. The Bertz CT molecular complexity index is 4880. The third kappa shape index (κ3) is 6.68. The van der Waals surface area contributed by atoms with Crippen molar-refractivity contribution in [1.29, 1.82) is 0 Å². The van der Waals surface area contributed by atoms with Crippen molar-refractivity contribution in [2.24, 2.45) is 5.92 Å². The molecule has 17 rings (SSSR count). The fraction of sp³-hybridized carbons (Fsp3) is 0.0380. The fourth-order valence-corrected chi connectivity index (χ4v) is 15.0. The van der Waals surface area contributed by atoms with Crippen molar-refractivity contribution >= 4 is 71.2 Å². The van der Waals surface area contributed by atoms with Crippen LogP contribution in [0.5, 0.6) is 0 Å². The Hall–Kier alpha value is -10.3. The van der Waals surface area contributed by atoms with Gasteiger partial charge in [-0.05, 0) is 166 Å². The molecule has 0 aliphatic heterocycles. The minimum atomic E-state index is -0.458. The van der Waals surface area contributed by atoms with Crippen LogP contribution in [0.3, 0.4) is 0 Å². The van der Waals surface area contributed by atoms with Crippen LogP contribution in [-0.2, 0) is 5.41 Å². The molecular formula is C79H52N2. The van der Waals surface area contributed by atoms with E-state index < -0.39 is 5.41 Å². The summed E-state index contributed by atoms with van der Waals surface area (Å²) in [5.74, 6) is 0.404. The van der Waals surface area contributed by atoms with Crippen molar-refractivity contribution in [2.45, 2.75) is 11.3 Å². The summed E-state index contributed by atoms with van der Waals surface area (Å²) in [7, 11) is 0. The number of rotatable bonds is 7. The molecule has 1 aromatic heterocycles. The molecule has 14 aromatic rings. The highest BCUT2D eigenvalue weighted by Gasteiger charge is 2.57. The van der Waals surface area contributed by atoms with Gasteiger partial charge in [0.05, 0.1) is 16.4 Å². The molecular weight excluding hydrogens is 977 g/mol. The number of hydrogen-bond acceptors (Lipinski definition) is 1. The third-order valence-electron chi connectivity index (χ3n) is 18.2. The van der Waals surface area contributed by atoms with E-state index in [1.807, 2.05) is 0 Å². The minimum Gasteiger partial charge on any atom is -0.310 e. The molecule has 378 valence electrons. The molecule has 81 heavy (non-hydrogen) atoms. The number of aromatic nitrogens is 1. The van der Waals surface area contributed by atoms with Gasteiger partial charge in [0.1, 0.15) is 0 Å². The molecule has 0 saturated carbocycles. The second-order valence-corrected chi connectivity index (χ2v) is 22.2. The van der Waals surface area contributed by atoms with Crippen molar-refractivity contribution in [3.8, 4) is 50.2 Å². The number of fused-ring (bicyclic) bond motifs is 16. The summed E-state index contributed by atoms with van der Waals surface area (Å²) < 4.78 is 2.41. The summed E-state index contributed by atoms with van der Waals surface area (Å²) in [4.78, 5) is 2.51. The first-order valence-electron chi connectivity index (χ1n) is 28.4. The number of nitrogens with zero attached hydrogens (tertiary/aromatic N) is 2. The molecule has 1 spiro atoms. The van der Waals surface area contributed by atoms with E-state index >= 15 is 0 Å². The van der Waals surface area contributed by atoms with Crippen LogP contribution in [0, 0.1) is 5.92 Å². The molecule has 1 heterocycles. The zero-order valence-electron chi connectivity index (χ0n) is 44.4. The van der Waals surface area contributed by atoms with E-state index in [-0.39, 0.29) is 11.8 Å². The van der Waals surface area contributed by atoms with Gasteiger partial charge >= 0.3 is 0 Å². The molecule has 3 unspecified atom stereocenters. The van der Waals surface area contributed by atoms with Crippen LogP contribution >= 0.6 is 0 Å². The fourth-order valence-electron chi connectivity index (χ4n) is 15.0. The van der Waals surface area contributed by atoms with Crippen LogP contribution in [0.25, 0.3) is 104 Å². The highest BCUT2D eigenvalue weighted by molar-refractivity contribution is 6.21. The molecule has 0 saturated heterocycles. The standard InChI is InChI=1S/C79H52N2/c1-3-21-52(22-4-1)77-66-30-9-11-32-68(66)78(69-33-12-10-31-67(69)77)53-38-41-56(42-39-53)80(57-44-47-76-70(49-57)65-29-15-18-37-75(65)81(76)55-24-5-2-6-25-55)58-43-46-64-63-45-40-54(60-34-19-23-51-20-7-8-26-59(51)60)48-73(63)79(74(64)50-58)71-35-16-13-27-61(71)62-28-14-17-36-72(62)79/h1-50,61,71H. The quantitative estimate of drug-likeness (QED) is 0.144. The first-order chi connectivity index (χ1) is 40.2. The maximum Gasteiger partial charge on any atom is 0.0542 e. The highest BCUT2D eigenvalue weighted by atomic mass is 15.1. The maximum atomic E-state index is 2.56. The summed E-state index contributed by atoms with van der Waals surface area (Å²) in [6.45, 7) is 0. The average Bonchev–Trinajstić information content (AvgIpc) is 3.93. The van der Waals surface area contributed by atoms with E-state index in [9.17, 15) is 0 Å². The lowest BCUT2D eigenvalue weighted by atomic mass is 9.65. The van der Waals surface area contributed by atoms with Gasteiger partial charge in [-0.15, -0.1) is 0 Å². The first-order valence-corrected chi connectivity index (χ1v) is 28.4.